The summed E-state index contributed by atoms with van der Waals surface area (Å²) in [4.78, 5) is 44.5. The zero-order chi connectivity index (χ0) is 26.9. The molecule has 0 bridgehead atoms. The van der Waals surface area contributed by atoms with E-state index in [2.05, 4.69) is 4.98 Å². The number of aromatic nitrogens is 1. The summed E-state index contributed by atoms with van der Waals surface area (Å²) in [7, 11) is 0. The predicted octanol–water partition coefficient (Wildman–Crippen LogP) is 6.00. The minimum Gasteiger partial charge on any atom is -0.460 e. The third kappa shape index (κ3) is 7.38. The maximum absolute atomic E-state index is 15.5. The maximum atomic E-state index is 15.5. The van der Waals surface area contributed by atoms with Gasteiger partial charge in [-0.25, -0.2) is 14.2 Å². The molecule has 1 amide bonds. The van der Waals surface area contributed by atoms with E-state index in [0.29, 0.717) is 0 Å². The minimum atomic E-state index is -1.16. The van der Waals surface area contributed by atoms with E-state index < -0.39 is 46.2 Å². The Morgan fingerprint density at radius 2 is 1.74 bits per heavy atom. The molecule has 2 atom stereocenters. The lowest BCUT2D eigenvalue weighted by Gasteiger charge is -2.44. The molecule has 0 N–H and O–H groups in total. The molecule has 9 heteroatoms. The Hall–Kier alpha value is -2.22. The highest BCUT2D eigenvalue weighted by molar-refractivity contribution is 6.29. The quantitative estimate of drug-likeness (QED) is 0.273. The van der Waals surface area contributed by atoms with Crippen LogP contribution >= 0.6 is 11.6 Å². The van der Waals surface area contributed by atoms with Crippen LogP contribution in [0.1, 0.15) is 91.2 Å². The monoisotopic (exact) mass is 512 g/mol. The maximum Gasteiger partial charge on any atom is 0.410 e. The first-order chi connectivity index (χ1) is 15.8. The van der Waals surface area contributed by atoms with Gasteiger partial charge < -0.3 is 14.4 Å². The van der Waals surface area contributed by atoms with E-state index in [1.165, 1.54) is 6.07 Å². The van der Waals surface area contributed by atoms with Gasteiger partial charge >= 0.3 is 12.1 Å². The Bertz CT molecular complexity index is 983. The highest BCUT2D eigenvalue weighted by Gasteiger charge is 2.49. The van der Waals surface area contributed by atoms with Gasteiger partial charge in [0.2, 0.25) is 0 Å². The van der Waals surface area contributed by atoms with E-state index in [1.807, 2.05) is 6.92 Å². The third-order valence-electron chi connectivity index (χ3n) is 5.80. The van der Waals surface area contributed by atoms with Crippen molar-refractivity contribution in [2.24, 2.45) is 11.3 Å². The number of carbonyl (C=O) groups excluding carboxylic acids is 3. The predicted molar refractivity (Wildman–Crippen MR) is 132 cm³/mol. The summed E-state index contributed by atoms with van der Waals surface area (Å²) in [5, 5.41) is -0.0241. The molecule has 0 aliphatic carbocycles. The number of Topliss-reactive ketones (excluding diaryl/α,β-unsaturated/α-hetero) is 1. The lowest BCUT2D eigenvalue weighted by Crippen LogP contribution is -2.54. The Morgan fingerprint density at radius 3 is 2.23 bits per heavy atom. The molecular weight excluding hydrogens is 475 g/mol. The van der Waals surface area contributed by atoms with Crippen LogP contribution in [0.2, 0.25) is 5.15 Å². The molecule has 7 nitrogen and oxygen atoms in total. The number of amides is 1. The Labute approximate surface area is 212 Å². The number of piperidine rings is 1. The largest absolute Gasteiger partial charge is 0.460 e. The van der Waals surface area contributed by atoms with Crippen LogP contribution in [-0.2, 0) is 20.7 Å². The van der Waals surface area contributed by atoms with Crippen molar-refractivity contribution in [3.63, 3.8) is 0 Å². The number of esters is 1. The fourth-order valence-corrected chi connectivity index (χ4v) is 4.42. The van der Waals surface area contributed by atoms with Crippen LogP contribution in [-0.4, -0.2) is 51.5 Å². The van der Waals surface area contributed by atoms with Crippen molar-refractivity contribution in [2.75, 3.05) is 6.54 Å². The number of nitrogens with zero attached hydrogens (tertiary/aromatic N) is 2. The van der Waals surface area contributed by atoms with Crippen molar-refractivity contribution in [2.45, 2.75) is 98.8 Å². The second-order valence-electron chi connectivity index (χ2n) is 11.7. The molecule has 1 aromatic heterocycles. The molecule has 0 aromatic carbocycles. The minimum absolute atomic E-state index is 0.0241. The van der Waals surface area contributed by atoms with E-state index in [9.17, 15) is 14.4 Å². The number of rotatable bonds is 5. The van der Waals surface area contributed by atoms with E-state index in [0.717, 1.165) is 0 Å². The van der Waals surface area contributed by atoms with Crippen LogP contribution in [0.5, 0.6) is 0 Å². The molecule has 2 rings (SSSR count). The molecule has 1 aliphatic heterocycles. The van der Waals surface area contributed by atoms with Gasteiger partial charge in [-0.3, -0.25) is 9.59 Å². The first kappa shape index (κ1) is 29.0. The van der Waals surface area contributed by atoms with Crippen molar-refractivity contribution in [1.82, 2.24) is 9.88 Å². The molecular formula is C26H38ClFN2O5. The van der Waals surface area contributed by atoms with Gasteiger partial charge in [-0.15, -0.1) is 0 Å². The highest BCUT2D eigenvalue weighted by Crippen LogP contribution is 2.41. The van der Waals surface area contributed by atoms with Gasteiger partial charge in [0.05, 0.1) is 16.7 Å². The molecule has 1 aliphatic rings. The van der Waals surface area contributed by atoms with Gasteiger partial charge in [-0.05, 0) is 67.4 Å². The first-order valence-corrected chi connectivity index (χ1v) is 12.4. The van der Waals surface area contributed by atoms with E-state index in [1.54, 1.807) is 60.3 Å². The van der Waals surface area contributed by atoms with Gasteiger partial charge in [-0.2, -0.15) is 0 Å². The lowest BCUT2D eigenvalue weighted by atomic mass is 9.72. The normalized spacial score (nSPS) is 21.1. The van der Waals surface area contributed by atoms with Gasteiger partial charge in [0.25, 0.3) is 0 Å². The van der Waals surface area contributed by atoms with Crippen LogP contribution in [0, 0.1) is 17.2 Å². The van der Waals surface area contributed by atoms with Crippen molar-refractivity contribution in [1.29, 1.82) is 0 Å². The number of ether oxygens (including phenoxy) is 2. The summed E-state index contributed by atoms with van der Waals surface area (Å²) < 4.78 is 26.8. The lowest BCUT2D eigenvalue weighted by molar-refractivity contribution is -0.172. The van der Waals surface area contributed by atoms with Gasteiger partial charge in [0.15, 0.2) is 11.6 Å². The summed E-state index contributed by atoms with van der Waals surface area (Å²) >= 11 is 6.16. The van der Waals surface area contributed by atoms with Crippen LogP contribution in [0.25, 0.3) is 0 Å². The molecule has 35 heavy (non-hydrogen) atoms. The van der Waals surface area contributed by atoms with Crippen molar-refractivity contribution in [3.05, 3.63) is 28.3 Å². The number of hydrogen-bond donors (Lipinski definition) is 0. The number of hydrogen-bond acceptors (Lipinski definition) is 6. The zero-order valence-electron chi connectivity index (χ0n) is 22.3. The molecule has 1 aromatic rings. The highest BCUT2D eigenvalue weighted by atomic mass is 35.5. The SMILES string of the molecule is CC(C)C(=O)c1cc(Cl)nc(C[C@@]2(C(=O)OC(C)(C)C)CCN(C(=O)OC(C)(C)C)[C@H](C)C2)c1F. The summed E-state index contributed by atoms with van der Waals surface area (Å²) in [5.41, 5.74) is -2.81. The van der Waals surface area contributed by atoms with Gasteiger partial charge in [0, 0.05) is 24.9 Å². The summed E-state index contributed by atoms with van der Waals surface area (Å²) in [6.45, 7) is 16.0. The van der Waals surface area contributed by atoms with Gasteiger partial charge in [-0.1, -0.05) is 25.4 Å². The van der Waals surface area contributed by atoms with Crippen LogP contribution in [0.15, 0.2) is 6.07 Å². The average molecular weight is 513 g/mol. The second kappa shape index (κ2) is 10.4. The number of carbonyl (C=O) groups is 3. The number of halogens is 2. The Balaban J connectivity index is 2.47. The number of likely N-dealkylation sites (tertiary alicyclic amines) is 1. The summed E-state index contributed by atoms with van der Waals surface area (Å²) in [5.74, 6) is -2.11. The van der Waals surface area contributed by atoms with Crippen LogP contribution < -0.4 is 0 Å². The molecule has 1 fully saturated rings. The number of pyridine rings is 1. The van der Waals surface area contributed by atoms with Crippen molar-refractivity contribution < 1.29 is 28.2 Å². The van der Waals surface area contributed by atoms with Gasteiger partial charge in [0.1, 0.15) is 16.4 Å². The van der Waals surface area contributed by atoms with Crippen LogP contribution in [0.4, 0.5) is 9.18 Å². The van der Waals surface area contributed by atoms with Crippen LogP contribution in [0.3, 0.4) is 0 Å². The molecule has 2 heterocycles. The topological polar surface area (TPSA) is 85.8 Å². The van der Waals surface area contributed by atoms with E-state index in [4.69, 9.17) is 21.1 Å². The molecule has 0 spiro atoms. The van der Waals surface area contributed by atoms with Crippen molar-refractivity contribution in [3.8, 4) is 0 Å². The molecule has 0 radical (unpaired) electrons. The second-order valence-corrected chi connectivity index (χ2v) is 12.1. The molecule has 0 saturated carbocycles. The zero-order valence-corrected chi connectivity index (χ0v) is 23.0. The molecule has 196 valence electrons. The molecule has 1 saturated heterocycles. The smallest absolute Gasteiger partial charge is 0.410 e. The van der Waals surface area contributed by atoms with Crippen molar-refractivity contribution >= 4 is 29.4 Å². The molecule has 0 unspecified atom stereocenters. The van der Waals surface area contributed by atoms with E-state index >= 15 is 4.39 Å². The summed E-state index contributed by atoms with van der Waals surface area (Å²) in [6.07, 6.45) is -0.159. The first-order valence-electron chi connectivity index (χ1n) is 12.0. The average Bonchev–Trinajstić information content (AvgIpc) is 2.67. The Kier molecular flexibility index (Phi) is 8.63. The number of ketones is 1. The fraction of sp³-hybridized carbons (Fsp3) is 0.692. The fourth-order valence-electron chi connectivity index (χ4n) is 4.21. The standard InChI is InChI=1S/C26H38ClFN2O5/c1-15(2)21(31)17-12-19(27)29-18(20(17)28)14-26(22(32)34-24(4,5)6)10-11-30(16(3)13-26)23(33)35-25(7,8)9/h12,15-16H,10-11,13-14H2,1-9H3/t16-,26-/m1/s1. The van der Waals surface area contributed by atoms with E-state index in [-0.39, 0.29) is 48.3 Å². The summed E-state index contributed by atoms with van der Waals surface area (Å²) in [6, 6.07) is 0.835. The Morgan fingerprint density at radius 1 is 1.17 bits per heavy atom. The third-order valence-corrected chi connectivity index (χ3v) is 5.99.